The van der Waals surface area contributed by atoms with E-state index in [4.69, 9.17) is 24.4 Å². The number of rotatable bonds is 5. The van der Waals surface area contributed by atoms with Gasteiger partial charge in [-0.25, -0.2) is 29.5 Å². The third kappa shape index (κ3) is 8.66. The molecule has 3 N–H and O–H groups in total. The van der Waals surface area contributed by atoms with Gasteiger partial charge in [0.15, 0.2) is 0 Å². The number of aliphatic hydroxyl groups is 1. The van der Waals surface area contributed by atoms with Crippen molar-refractivity contribution in [3.05, 3.63) is 59.9 Å². The number of nitrogens with zero attached hydrogens (tertiary/aromatic N) is 4. The molecule has 0 aliphatic heterocycles. The number of aromatic carboxylic acids is 1. The molecule has 0 bridgehead atoms. The summed E-state index contributed by atoms with van der Waals surface area (Å²) in [4.78, 5) is 38.8. The first kappa shape index (κ1) is 32.6. The van der Waals surface area contributed by atoms with Crippen LogP contribution in [0.1, 0.15) is 27.6 Å². The molecule has 4 rings (SSSR count). The maximum atomic E-state index is 11.5. The van der Waals surface area contributed by atoms with Crippen LogP contribution in [-0.4, -0.2) is 75.5 Å². The molecule has 13 heteroatoms. The average molecular weight is 508 g/mol. The number of hydrogen-bond acceptors (Lipinski definition) is 11. The molecule has 12 nitrogen and oxygen atoms in total. The molecule has 0 radical (unpaired) electrons. The number of benzene rings is 2. The second kappa shape index (κ2) is 16.3. The number of ether oxygens (including phenoxy) is 3. The number of aromatic nitrogens is 4. The number of esters is 1. The minimum atomic E-state index is -0.985. The number of methoxy groups -OCH3 is 2. The molecule has 4 aromatic rings. The second-order valence-corrected chi connectivity index (χ2v) is 6.26. The van der Waals surface area contributed by atoms with Gasteiger partial charge in [-0.15, -0.1) is 0 Å². The van der Waals surface area contributed by atoms with Crippen molar-refractivity contribution in [2.24, 2.45) is 0 Å². The number of fused-ring (bicyclic) bond motifs is 2. The van der Waals surface area contributed by atoms with Gasteiger partial charge in [0.05, 0.1) is 66.4 Å². The Balaban J connectivity index is 0.000000609. The molecule has 0 saturated heterocycles. The minimum Gasteiger partial charge on any atom is -0.870 e. The fourth-order valence-electron chi connectivity index (χ4n) is 2.66. The zero-order chi connectivity index (χ0) is 25.1. The molecule has 0 fully saturated rings. The first-order chi connectivity index (χ1) is 16.4. The molecule has 2 aromatic heterocycles. The Bertz CT molecular complexity index is 1290. The molecule has 0 amide bonds. The summed E-state index contributed by atoms with van der Waals surface area (Å²) in [7, 11) is 4.00. The molecule has 0 aliphatic carbocycles. The molecular weight excluding hydrogens is 483 g/mol. The zero-order valence-corrected chi connectivity index (χ0v) is 22.5. The van der Waals surface area contributed by atoms with E-state index in [1.807, 2.05) is 0 Å². The van der Waals surface area contributed by atoms with Gasteiger partial charge in [-0.05, 0) is 43.3 Å². The van der Waals surface area contributed by atoms with Crippen molar-refractivity contribution in [3.63, 3.8) is 0 Å². The van der Waals surface area contributed by atoms with Crippen molar-refractivity contribution in [3.8, 4) is 11.8 Å². The predicted molar refractivity (Wildman–Crippen MR) is 125 cm³/mol. The molecule has 2 aromatic carbocycles. The van der Waals surface area contributed by atoms with Crippen molar-refractivity contribution in [2.45, 2.75) is 6.92 Å². The number of carboxylic acid groups (broad SMARTS) is 1. The van der Waals surface area contributed by atoms with Gasteiger partial charge in [-0.1, -0.05) is 0 Å². The summed E-state index contributed by atoms with van der Waals surface area (Å²) in [5.41, 5.74) is 3.11. The van der Waals surface area contributed by atoms with Gasteiger partial charge >= 0.3 is 41.5 Å². The standard InChI is InChI=1S/C12H12N2O3.C10H8N2O3.CH4O.Na.H2O/c1-3-17-12(15)8-4-5-9-10(6-8)14-11(16-2)7-13-9;1-15-9-5-11-7-3-2-6(10(13)14)4-8(7)12-9;1-2;;/h4-7H,3H2,1-2H3;2-5H,1H3,(H,13,14);2H,1H3;;1H2/q;;;+1;/p-1. The summed E-state index contributed by atoms with van der Waals surface area (Å²) in [6.45, 7) is 2.11. The molecule has 0 spiro atoms. The topological polar surface area (TPSA) is 184 Å². The predicted octanol–water partition coefficient (Wildman–Crippen LogP) is -0.413. The number of carbonyl (C=O) groups is 2. The van der Waals surface area contributed by atoms with Crippen molar-refractivity contribution in [1.29, 1.82) is 0 Å². The van der Waals surface area contributed by atoms with E-state index in [1.165, 1.54) is 38.7 Å². The van der Waals surface area contributed by atoms with Gasteiger partial charge in [-0.3, -0.25) is 0 Å². The van der Waals surface area contributed by atoms with Gasteiger partial charge in [0.2, 0.25) is 11.8 Å². The van der Waals surface area contributed by atoms with E-state index < -0.39 is 5.97 Å². The summed E-state index contributed by atoms with van der Waals surface area (Å²) < 4.78 is 14.8. The van der Waals surface area contributed by atoms with E-state index in [0.29, 0.717) is 46.0 Å². The molecule has 0 atom stereocenters. The zero-order valence-electron chi connectivity index (χ0n) is 20.5. The Morgan fingerprint density at radius 2 is 1.25 bits per heavy atom. The van der Waals surface area contributed by atoms with Crippen LogP contribution in [0.25, 0.3) is 22.1 Å². The van der Waals surface area contributed by atoms with Crippen LogP contribution < -0.4 is 39.0 Å². The second-order valence-electron chi connectivity index (χ2n) is 6.26. The van der Waals surface area contributed by atoms with Gasteiger partial charge in [0, 0.05) is 7.11 Å². The third-order valence-corrected chi connectivity index (χ3v) is 4.22. The van der Waals surface area contributed by atoms with E-state index in [-0.39, 0.29) is 46.6 Å². The maximum Gasteiger partial charge on any atom is 1.00 e. The largest absolute Gasteiger partial charge is 1.00 e. The van der Waals surface area contributed by atoms with Crippen LogP contribution in [-0.2, 0) is 4.74 Å². The van der Waals surface area contributed by atoms with E-state index in [0.717, 1.165) is 7.11 Å². The summed E-state index contributed by atoms with van der Waals surface area (Å²) in [5, 5.41) is 15.8. The number of carbonyl (C=O) groups excluding carboxylic acids is 1. The average Bonchev–Trinajstić information content (AvgIpc) is 2.88. The number of carboxylic acids is 1. The first-order valence-electron chi connectivity index (χ1n) is 9.92. The van der Waals surface area contributed by atoms with Crippen molar-refractivity contribution >= 4 is 34.0 Å². The van der Waals surface area contributed by atoms with Crippen molar-refractivity contribution in [2.75, 3.05) is 27.9 Å². The molecule has 0 unspecified atom stereocenters. The molecule has 0 saturated carbocycles. The van der Waals surface area contributed by atoms with E-state index in [2.05, 4.69) is 19.9 Å². The van der Waals surface area contributed by atoms with Crippen molar-refractivity contribution < 1.29 is 69.0 Å². The molecular formula is C23H25N4NaO8. The Kier molecular flexibility index (Phi) is 14.7. The third-order valence-electron chi connectivity index (χ3n) is 4.22. The fourth-order valence-corrected chi connectivity index (χ4v) is 2.66. The van der Waals surface area contributed by atoms with Crippen LogP contribution in [0, 0.1) is 0 Å². The normalized spacial score (nSPS) is 9.25. The minimum absolute atomic E-state index is 0. The van der Waals surface area contributed by atoms with Crippen LogP contribution in [0.2, 0.25) is 0 Å². The maximum absolute atomic E-state index is 11.5. The van der Waals surface area contributed by atoms with Crippen LogP contribution in [0.3, 0.4) is 0 Å². The van der Waals surface area contributed by atoms with Gasteiger partial charge in [0.25, 0.3) is 0 Å². The quantitative estimate of drug-likeness (QED) is 0.263. The van der Waals surface area contributed by atoms with Crippen LogP contribution in [0.4, 0.5) is 0 Å². The van der Waals surface area contributed by atoms with Gasteiger partial charge in [0.1, 0.15) is 0 Å². The van der Waals surface area contributed by atoms with E-state index in [9.17, 15) is 9.59 Å². The van der Waals surface area contributed by atoms with Crippen LogP contribution in [0.5, 0.6) is 11.8 Å². The Morgan fingerprint density at radius 3 is 1.67 bits per heavy atom. The number of hydrogen-bond donors (Lipinski definition) is 2. The smallest absolute Gasteiger partial charge is 0.870 e. The molecule has 2 heterocycles. The fraction of sp³-hybridized carbons (Fsp3) is 0.217. The summed E-state index contributed by atoms with van der Waals surface area (Å²) in [5.74, 6) is -0.566. The monoisotopic (exact) mass is 508 g/mol. The Hall–Kier alpha value is -3.42. The van der Waals surface area contributed by atoms with Crippen molar-refractivity contribution in [1.82, 2.24) is 19.9 Å². The Morgan fingerprint density at radius 1 is 0.806 bits per heavy atom. The van der Waals surface area contributed by atoms with E-state index >= 15 is 0 Å². The summed E-state index contributed by atoms with van der Waals surface area (Å²) in [6, 6.07) is 9.61. The first-order valence-corrected chi connectivity index (χ1v) is 9.92. The SMILES string of the molecule is CCOC(=O)c1ccc2ncc(OC)nc2c1.CO.COc1cnc2ccc(C(=O)O)cc2n1.[Na+].[OH-]. The number of aliphatic hydroxyl groups excluding tert-OH is 1. The van der Waals surface area contributed by atoms with Gasteiger partial charge in [-0.2, -0.15) is 0 Å². The van der Waals surface area contributed by atoms with E-state index in [1.54, 1.807) is 31.2 Å². The van der Waals surface area contributed by atoms with Crippen LogP contribution >= 0.6 is 0 Å². The molecule has 186 valence electrons. The van der Waals surface area contributed by atoms with Gasteiger partial charge < -0.3 is 29.9 Å². The Labute approximate surface area is 228 Å². The molecule has 0 aliphatic rings. The molecule has 36 heavy (non-hydrogen) atoms. The van der Waals surface area contributed by atoms with Crippen LogP contribution in [0.15, 0.2) is 48.8 Å². The summed E-state index contributed by atoms with van der Waals surface area (Å²) in [6.07, 6.45) is 3.02. The summed E-state index contributed by atoms with van der Waals surface area (Å²) >= 11 is 0.